The van der Waals surface area contributed by atoms with E-state index in [-0.39, 0.29) is 11.8 Å². The van der Waals surface area contributed by atoms with Crippen LogP contribution in [0.5, 0.6) is 0 Å². The Morgan fingerprint density at radius 1 is 1.29 bits per heavy atom. The van der Waals surface area contributed by atoms with Crippen LogP contribution in [0.1, 0.15) is 31.1 Å². The second kappa shape index (κ2) is 8.41. The average molecular weight is 400 g/mol. The van der Waals surface area contributed by atoms with E-state index in [0.717, 1.165) is 49.8 Å². The summed E-state index contributed by atoms with van der Waals surface area (Å²) in [5.74, 6) is 1.000. The fourth-order valence-corrected chi connectivity index (χ4v) is 4.23. The minimum Gasteiger partial charge on any atom is -0.467 e. The average Bonchev–Trinajstić information content (AvgIpc) is 3.34. The predicted molar refractivity (Wildman–Crippen MR) is 111 cm³/mol. The van der Waals surface area contributed by atoms with Gasteiger partial charge in [-0.3, -0.25) is 9.69 Å². The lowest BCUT2D eigenvalue weighted by molar-refractivity contribution is -0.126. The fraction of sp³-hybridized carbons (Fsp3) is 0.409. The van der Waals surface area contributed by atoms with Gasteiger partial charge in [0.25, 0.3) is 0 Å². The van der Waals surface area contributed by atoms with E-state index in [0.29, 0.717) is 6.54 Å². The number of furan rings is 1. The summed E-state index contributed by atoms with van der Waals surface area (Å²) in [6.07, 6.45) is 5.64. The van der Waals surface area contributed by atoms with E-state index in [9.17, 15) is 4.79 Å². The Labute approximate surface area is 170 Å². The minimum atomic E-state index is 0.0811. The van der Waals surface area contributed by atoms with Gasteiger partial charge >= 0.3 is 0 Å². The molecule has 0 bridgehead atoms. The third kappa shape index (κ3) is 4.10. The Morgan fingerprint density at radius 3 is 2.82 bits per heavy atom. The molecule has 0 atom stereocenters. The Balaban J connectivity index is 1.35. The van der Waals surface area contributed by atoms with Gasteiger partial charge in [0.1, 0.15) is 5.76 Å². The molecule has 1 amide bonds. The highest BCUT2D eigenvalue weighted by Crippen LogP contribution is 2.27. The van der Waals surface area contributed by atoms with Crippen LogP contribution in [0.4, 0.5) is 0 Å². The molecule has 0 aliphatic carbocycles. The molecule has 4 rings (SSSR count). The maximum absolute atomic E-state index is 12.4. The molecule has 1 aliphatic rings. The highest BCUT2D eigenvalue weighted by Gasteiger charge is 2.25. The first-order valence-electron chi connectivity index (χ1n) is 9.93. The molecule has 2 aromatic heterocycles. The molecule has 28 heavy (non-hydrogen) atoms. The number of carbonyl (C=O) groups excluding carboxylic acids is 1. The molecule has 0 unspecified atom stereocenters. The monoisotopic (exact) mass is 399 g/mol. The molecule has 1 fully saturated rings. The minimum absolute atomic E-state index is 0.0811. The number of carbonyl (C=O) groups is 1. The summed E-state index contributed by atoms with van der Waals surface area (Å²) in [6.45, 7) is 6.31. The van der Waals surface area contributed by atoms with Gasteiger partial charge in [0.15, 0.2) is 0 Å². The number of benzene rings is 1. The van der Waals surface area contributed by atoms with Crippen molar-refractivity contribution in [3.8, 4) is 0 Å². The van der Waals surface area contributed by atoms with Crippen molar-refractivity contribution in [2.75, 3.05) is 13.1 Å². The van der Waals surface area contributed by atoms with Crippen LogP contribution in [0.25, 0.3) is 10.9 Å². The maximum Gasteiger partial charge on any atom is 0.223 e. The maximum atomic E-state index is 12.4. The molecule has 0 saturated carbocycles. The van der Waals surface area contributed by atoms with Crippen LogP contribution in [-0.2, 0) is 24.4 Å². The van der Waals surface area contributed by atoms with Crippen molar-refractivity contribution >= 4 is 28.4 Å². The van der Waals surface area contributed by atoms with Crippen LogP contribution >= 0.6 is 11.6 Å². The van der Waals surface area contributed by atoms with Crippen LogP contribution in [0.3, 0.4) is 0 Å². The van der Waals surface area contributed by atoms with Crippen molar-refractivity contribution in [1.82, 2.24) is 14.8 Å². The van der Waals surface area contributed by atoms with Gasteiger partial charge in [-0.15, -0.1) is 0 Å². The normalized spacial score (nSPS) is 15.9. The molecule has 148 valence electrons. The summed E-state index contributed by atoms with van der Waals surface area (Å²) in [5.41, 5.74) is 2.54. The van der Waals surface area contributed by atoms with Gasteiger partial charge in [-0.05, 0) is 68.8 Å². The topological polar surface area (TPSA) is 50.4 Å². The van der Waals surface area contributed by atoms with E-state index in [2.05, 4.69) is 40.0 Å². The first kappa shape index (κ1) is 19.1. The number of nitrogens with one attached hydrogen (secondary N) is 1. The standard InChI is InChI=1S/C22H26ClN3O2/c1-2-26-15-17(20-12-18(23)5-6-21(20)26)14-25-9-7-16(8-10-25)22(27)24-13-19-4-3-11-28-19/h3-6,11-12,15-16H,2,7-10,13-14H2,1H3,(H,24,27). The lowest BCUT2D eigenvalue weighted by Gasteiger charge is -2.31. The van der Waals surface area contributed by atoms with Crippen molar-refractivity contribution < 1.29 is 9.21 Å². The van der Waals surface area contributed by atoms with Gasteiger partial charge in [0.2, 0.25) is 5.91 Å². The molecular formula is C22H26ClN3O2. The van der Waals surface area contributed by atoms with Gasteiger partial charge in [0, 0.05) is 41.1 Å². The Morgan fingerprint density at radius 2 is 2.11 bits per heavy atom. The SMILES string of the molecule is CCn1cc(CN2CCC(C(=O)NCc3ccco3)CC2)c2cc(Cl)ccc21. The number of halogens is 1. The number of hydrogen-bond acceptors (Lipinski definition) is 3. The zero-order valence-electron chi connectivity index (χ0n) is 16.2. The number of piperidine rings is 1. The fourth-order valence-electron chi connectivity index (χ4n) is 4.06. The summed E-state index contributed by atoms with van der Waals surface area (Å²) in [4.78, 5) is 14.9. The van der Waals surface area contributed by atoms with E-state index < -0.39 is 0 Å². The molecule has 3 aromatic rings. The summed E-state index contributed by atoms with van der Waals surface area (Å²) in [5, 5.41) is 4.99. The summed E-state index contributed by atoms with van der Waals surface area (Å²) >= 11 is 6.23. The summed E-state index contributed by atoms with van der Waals surface area (Å²) in [6, 6.07) is 9.82. The highest BCUT2D eigenvalue weighted by atomic mass is 35.5. The first-order valence-corrected chi connectivity index (χ1v) is 10.3. The summed E-state index contributed by atoms with van der Waals surface area (Å²) < 4.78 is 7.55. The van der Waals surface area contributed by atoms with Crippen LogP contribution in [0, 0.1) is 5.92 Å². The Hall–Kier alpha value is -2.24. The molecular weight excluding hydrogens is 374 g/mol. The number of aryl methyl sites for hydroxylation is 1. The van der Waals surface area contributed by atoms with Crippen LogP contribution in [-0.4, -0.2) is 28.5 Å². The number of hydrogen-bond donors (Lipinski definition) is 1. The molecule has 1 N–H and O–H groups in total. The van der Waals surface area contributed by atoms with Gasteiger partial charge in [-0.2, -0.15) is 0 Å². The predicted octanol–water partition coefficient (Wildman–Crippen LogP) is 4.44. The van der Waals surface area contributed by atoms with Crippen molar-refractivity contribution in [3.05, 3.63) is 59.1 Å². The number of amides is 1. The first-order chi connectivity index (χ1) is 13.6. The largest absolute Gasteiger partial charge is 0.467 e. The van der Waals surface area contributed by atoms with Crippen molar-refractivity contribution in [2.24, 2.45) is 5.92 Å². The van der Waals surface area contributed by atoms with Crippen LogP contribution < -0.4 is 5.32 Å². The zero-order valence-corrected chi connectivity index (χ0v) is 16.9. The third-order valence-electron chi connectivity index (χ3n) is 5.64. The number of aromatic nitrogens is 1. The second-order valence-corrected chi connectivity index (χ2v) is 7.89. The number of likely N-dealkylation sites (tertiary alicyclic amines) is 1. The van der Waals surface area contributed by atoms with E-state index in [1.807, 2.05) is 18.2 Å². The smallest absolute Gasteiger partial charge is 0.223 e. The van der Waals surface area contributed by atoms with E-state index in [4.69, 9.17) is 16.0 Å². The van der Waals surface area contributed by atoms with E-state index >= 15 is 0 Å². The van der Waals surface area contributed by atoms with Crippen LogP contribution in [0.15, 0.2) is 47.2 Å². The van der Waals surface area contributed by atoms with Crippen molar-refractivity contribution in [1.29, 1.82) is 0 Å². The molecule has 0 spiro atoms. The van der Waals surface area contributed by atoms with Crippen molar-refractivity contribution in [3.63, 3.8) is 0 Å². The highest BCUT2D eigenvalue weighted by molar-refractivity contribution is 6.31. The molecule has 3 heterocycles. The van der Waals surface area contributed by atoms with Crippen molar-refractivity contribution in [2.45, 2.75) is 39.4 Å². The molecule has 0 radical (unpaired) electrons. The Bertz CT molecular complexity index is 940. The van der Waals surface area contributed by atoms with Gasteiger partial charge in [-0.1, -0.05) is 11.6 Å². The second-order valence-electron chi connectivity index (χ2n) is 7.45. The summed E-state index contributed by atoms with van der Waals surface area (Å²) in [7, 11) is 0. The van der Waals surface area contributed by atoms with Gasteiger partial charge < -0.3 is 14.3 Å². The number of nitrogens with zero attached hydrogens (tertiary/aromatic N) is 2. The molecule has 1 aromatic carbocycles. The third-order valence-corrected chi connectivity index (χ3v) is 5.87. The molecule has 1 saturated heterocycles. The van der Waals surface area contributed by atoms with Crippen LogP contribution in [0.2, 0.25) is 5.02 Å². The molecule has 5 nitrogen and oxygen atoms in total. The van der Waals surface area contributed by atoms with E-state index in [1.54, 1.807) is 6.26 Å². The molecule has 6 heteroatoms. The number of fused-ring (bicyclic) bond motifs is 1. The lowest BCUT2D eigenvalue weighted by atomic mass is 9.95. The zero-order chi connectivity index (χ0) is 19.5. The Kier molecular flexibility index (Phi) is 5.74. The quantitative estimate of drug-likeness (QED) is 0.666. The van der Waals surface area contributed by atoms with E-state index in [1.165, 1.54) is 16.5 Å². The lowest BCUT2D eigenvalue weighted by Crippen LogP contribution is -2.40. The van der Waals surface area contributed by atoms with Gasteiger partial charge in [0.05, 0.1) is 12.8 Å². The number of rotatable bonds is 6. The van der Waals surface area contributed by atoms with Gasteiger partial charge in [-0.25, -0.2) is 0 Å². The molecule has 1 aliphatic heterocycles.